The van der Waals surface area contributed by atoms with Crippen LogP contribution in [0.15, 0.2) is 0 Å². The molecule has 0 aliphatic carbocycles. The highest BCUT2D eigenvalue weighted by atomic mass is 16.5. The van der Waals surface area contributed by atoms with Crippen LogP contribution in [0.25, 0.3) is 0 Å². The Kier molecular flexibility index (Phi) is 6.45. The molecule has 0 bridgehead atoms. The molecule has 12 heavy (non-hydrogen) atoms. The zero-order chi connectivity index (χ0) is 9.56. The Morgan fingerprint density at radius 1 is 1.25 bits per heavy atom. The molecule has 1 aliphatic heterocycles. The highest BCUT2D eigenvalue weighted by Crippen LogP contribution is 2.26. The zero-order valence-electron chi connectivity index (χ0n) is 9.26. The van der Waals surface area contributed by atoms with Crippen molar-refractivity contribution in [3.63, 3.8) is 0 Å². The van der Waals surface area contributed by atoms with E-state index in [1.54, 1.807) is 0 Å². The molecule has 1 saturated heterocycles. The van der Waals surface area contributed by atoms with Crippen LogP contribution in [0.2, 0.25) is 0 Å². The third-order valence-electron chi connectivity index (χ3n) is 2.47. The fourth-order valence-corrected chi connectivity index (χ4v) is 1.64. The van der Waals surface area contributed by atoms with Crippen LogP contribution in [-0.4, -0.2) is 12.7 Å². The van der Waals surface area contributed by atoms with Crippen molar-refractivity contribution in [2.24, 2.45) is 11.8 Å². The molecule has 0 radical (unpaired) electrons. The topological polar surface area (TPSA) is 9.23 Å². The maximum absolute atomic E-state index is 5.46. The normalized spacial score (nSPS) is 29.5. The van der Waals surface area contributed by atoms with Gasteiger partial charge in [-0.15, -0.1) is 0 Å². The molecule has 2 unspecified atom stereocenters. The molecule has 1 heteroatoms. The van der Waals surface area contributed by atoms with E-state index in [2.05, 4.69) is 20.8 Å². The van der Waals surface area contributed by atoms with E-state index in [9.17, 15) is 0 Å². The molecule has 0 aromatic heterocycles. The van der Waals surface area contributed by atoms with Crippen molar-refractivity contribution in [3.8, 4) is 0 Å². The Hall–Kier alpha value is -0.0400. The highest BCUT2D eigenvalue weighted by molar-refractivity contribution is 4.70. The van der Waals surface area contributed by atoms with E-state index in [0.29, 0.717) is 6.10 Å². The summed E-state index contributed by atoms with van der Waals surface area (Å²) in [6.07, 6.45) is 3.03. The molecular formula is C11H24O. The second-order valence-electron chi connectivity index (χ2n) is 3.71. The molecule has 1 rings (SSSR count). The van der Waals surface area contributed by atoms with Crippen LogP contribution in [0.3, 0.4) is 0 Å². The van der Waals surface area contributed by atoms with Gasteiger partial charge >= 0.3 is 0 Å². The highest BCUT2D eigenvalue weighted by Gasteiger charge is 2.21. The van der Waals surface area contributed by atoms with Gasteiger partial charge in [0.2, 0.25) is 0 Å². The van der Waals surface area contributed by atoms with Gasteiger partial charge in [-0.25, -0.2) is 0 Å². The first-order valence-corrected chi connectivity index (χ1v) is 5.31. The lowest BCUT2D eigenvalue weighted by molar-refractivity contribution is -0.00795. The molecule has 1 nitrogen and oxygen atoms in total. The van der Waals surface area contributed by atoms with Crippen molar-refractivity contribution in [1.82, 2.24) is 0 Å². The lowest BCUT2D eigenvalue weighted by Crippen LogP contribution is -2.25. The monoisotopic (exact) mass is 172 g/mol. The minimum Gasteiger partial charge on any atom is -0.378 e. The molecule has 2 atom stereocenters. The maximum atomic E-state index is 5.46. The van der Waals surface area contributed by atoms with Crippen LogP contribution in [-0.2, 0) is 4.74 Å². The van der Waals surface area contributed by atoms with E-state index in [4.69, 9.17) is 4.74 Å². The number of ether oxygens (including phenoxy) is 1. The standard InChI is InChI=1S/C9H18O.C2H6/c1-7(2)9-4-5-10-8(3)6-9;1-2/h7-9H,4-6H2,1-3H3;1-2H3. The zero-order valence-corrected chi connectivity index (χ0v) is 9.26. The lowest BCUT2D eigenvalue weighted by Gasteiger charge is -2.29. The summed E-state index contributed by atoms with van der Waals surface area (Å²) in [6.45, 7) is 11.8. The van der Waals surface area contributed by atoms with Crippen molar-refractivity contribution in [2.75, 3.05) is 6.61 Å². The third-order valence-corrected chi connectivity index (χ3v) is 2.47. The number of hydrogen-bond donors (Lipinski definition) is 0. The summed E-state index contributed by atoms with van der Waals surface area (Å²) in [4.78, 5) is 0. The first-order chi connectivity index (χ1) is 5.70. The van der Waals surface area contributed by atoms with Crippen LogP contribution < -0.4 is 0 Å². The molecule has 74 valence electrons. The predicted molar refractivity (Wildman–Crippen MR) is 54.3 cm³/mol. The Morgan fingerprint density at radius 2 is 1.83 bits per heavy atom. The SMILES string of the molecule is CC.CC1CC(C(C)C)CCO1. The third kappa shape index (κ3) is 4.10. The minimum atomic E-state index is 0.501. The van der Waals surface area contributed by atoms with Crippen molar-refractivity contribution >= 4 is 0 Å². The van der Waals surface area contributed by atoms with Gasteiger partial charge in [-0.2, -0.15) is 0 Å². The summed E-state index contributed by atoms with van der Waals surface area (Å²) < 4.78 is 5.46. The van der Waals surface area contributed by atoms with Gasteiger partial charge in [0.15, 0.2) is 0 Å². The quantitative estimate of drug-likeness (QED) is 0.588. The van der Waals surface area contributed by atoms with Crippen LogP contribution >= 0.6 is 0 Å². The predicted octanol–water partition coefficient (Wildman–Crippen LogP) is 3.48. The average molecular weight is 172 g/mol. The summed E-state index contributed by atoms with van der Waals surface area (Å²) in [6, 6.07) is 0. The van der Waals surface area contributed by atoms with E-state index >= 15 is 0 Å². The molecule has 0 saturated carbocycles. The smallest absolute Gasteiger partial charge is 0.0549 e. The minimum absolute atomic E-state index is 0.501. The van der Waals surface area contributed by atoms with Crippen LogP contribution in [0.4, 0.5) is 0 Å². The van der Waals surface area contributed by atoms with Gasteiger partial charge in [0.05, 0.1) is 6.10 Å². The molecule has 1 fully saturated rings. The Balaban J connectivity index is 0.000000561. The van der Waals surface area contributed by atoms with E-state index < -0.39 is 0 Å². The second-order valence-corrected chi connectivity index (χ2v) is 3.71. The first kappa shape index (κ1) is 12.0. The van der Waals surface area contributed by atoms with Gasteiger partial charge in [-0.1, -0.05) is 27.7 Å². The van der Waals surface area contributed by atoms with Crippen LogP contribution in [0.1, 0.15) is 47.5 Å². The van der Waals surface area contributed by atoms with E-state index in [-0.39, 0.29) is 0 Å². The molecule has 0 spiro atoms. The summed E-state index contributed by atoms with van der Waals surface area (Å²) in [7, 11) is 0. The van der Waals surface area contributed by atoms with Crippen molar-refractivity contribution < 1.29 is 4.74 Å². The lowest BCUT2D eigenvalue weighted by atomic mass is 9.86. The average Bonchev–Trinajstić information content (AvgIpc) is 2.08. The van der Waals surface area contributed by atoms with Crippen molar-refractivity contribution in [1.29, 1.82) is 0 Å². The maximum Gasteiger partial charge on any atom is 0.0549 e. The van der Waals surface area contributed by atoms with E-state index in [1.807, 2.05) is 13.8 Å². The van der Waals surface area contributed by atoms with Gasteiger partial charge in [0.25, 0.3) is 0 Å². The summed E-state index contributed by atoms with van der Waals surface area (Å²) in [5.74, 6) is 1.75. The van der Waals surface area contributed by atoms with Gasteiger partial charge in [-0.05, 0) is 31.6 Å². The molecule has 0 amide bonds. The van der Waals surface area contributed by atoms with Crippen molar-refractivity contribution in [2.45, 2.75) is 53.6 Å². The fraction of sp³-hybridized carbons (Fsp3) is 1.00. The van der Waals surface area contributed by atoms with E-state index in [1.165, 1.54) is 12.8 Å². The number of hydrogen-bond acceptors (Lipinski definition) is 1. The second kappa shape index (κ2) is 6.47. The van der Waals surface area contributed by atoms with Crippen LogP contribution in [0.5, 0.6) is 0 Å². The fourth-order valence-electron chi connectivity index (χ4n) is 1.64. The van der Waals surface area contributed by atoms with Gasteiger partial charge in [0.1, 0.15) is 0 Å². The molecule has 0 N–H and O–H groups in total. The van der Waals surface area contributed by atoms with Crippen molar-refractivity contribution in [3.05, 3.63) is 0 Å². The Morgan fingerprint density at radius 3 is 2.17 bits per heavy atom. The summed E-state index contributed by atoms with van der Waals surface area (Å²) in [5, 5.41) is 0. The van der Waals surface area contributed by atoms with E-state index in [0.717, 1.165) is 18.4 Å². The molecular weight excluding hydrogens is 148 g/mol. The van der Waals surface area contributed by atoms with Gasteiger partial charge in [0, 0.05) is 6.61 Å². The molecule has 0 aromatic carbocycles. The summed E-state index contributed by atoms with van der Waals surface area (Å²) in [5.41, 5.74) is 0. The molecule has 0 aromatic rings. The van der Waals surface area contributed by atoms with Gasteiger partial charge < -0.3 is 4.74 Å². The molecule has 1 aliphatic rings. The first-order valence-electron chi connectivity index (χ1n) is 5.31. The van der Waals surface area contributed by atoms with Crippen LogP contribution in [0, 0.1) is 11.8 Å². The van der Waals surface area contributed by atoms with Gasteiger partial charge in [-0.3, -0.25) is 0 Å². The molecule has 1 heterocycles. The number of rotatable bonds is 1. The largest absolute Gasteiger partial charge is 0.378 e. The Bertz CT molecular complexity index is 99.2. The summed E-state index contributed by atoms with van der Waals surface area (Å²) >= 11 is 0. The Labute approximate surface area is 77.5 Å².